The van der Waals surface area contributed by atoms with Crippen LogP contribution in [0.25, 0.3) is 0 Å². The first-order valence-corrected chi connectivity index (χ1v) is 6.71. The molecule has 2 nitrogen and oxygen atoms in total. The second-order valence-corrected chi connectivity index (χ2v) is 5.64. The normalized spacial score (nSPS) is 28.0. The van der Waals surface area contributed by atoms with Gasteiger partial charge in [0.25, 0.3) is 0 Å². The van der Waals surface area contributed by atoms with Gasteiger partial charge in [-0.05, 0) is 44.7 Å². The van der Waals surface area contributed by atoms with Crippen LogP contribution in [-0.4, -0.2) is 29.2 Å². The van der Waals surface area contributed by atoms with E-state index in [1.165, 1.54) is 24.0 Å². The van der Waals surface area contributed by atoms with Crippen LogP contribution in [0.15, 0.2) is 24.3 Å². The molecule has 1 aromatic rings. The summed E-state index contributed by atoms with van der Waals surface area (Å²) in [5.41, 5.74) is 3.02. The van der Waals surface area contributed by atoms with E-state index in [0.717, 1.165) is 25.9 Å². The summed E-state index contributed by atoms with van der Waals surface area (Å²) in [6.45, 7) is 4.13. The minimum Gasteiger partial charge on any atom is -0.392 e. The Kier molecular flexibility index (Phi) is 2.72. The molecule has 1 saturated carbocycles. The highest BCUT2D eigenvalue weighted by atomic mass is 16.3. The molecule has 0 bridgehead atoms. The maximum Gasteiger partial charge on any atom is 0.0667 e. The van der Waals surface area contributed by atoms with Crippen LogP contribution in [0.2, 0.25) is 0 Å². The zero-order valence-electron chi connectivity index (χ0n) is 10.5. The average molecular weight is 231 g/mol. The molecule has 2 aliphatic rings. The van der Waals surface area contributed by atoms with Gasteiger partial charge in [0.15, 0.2) is 0 Å². The first-order chi connectivity index (χ1) is 8.21. The molecule has 2 heteroatoms. The van der Waals surface area contributed by atoms with Crippen LogP contribution in [0, 0.1) is 6.92 Å². The molecule has 2 fully saturated rings. The minimum absolute atomic E-state index is 0.119. The lowest BCUT2D eigenvalue weighted by Crippen LogP contribution is -2.44. The van der Waals surface area contributed by atoms with E-state index in [9.17, 15) is 5.11 Å². The molecule has 92 valence electrons. The Hall–Kier alpha value is -0.860. The molecule has 1 aromatic carbocycles. The molecule has 3 rings (SSSR count). The topological polar surface area (TPSA) is 23.5 Å². The molecule has 1 heterocycles. The number of likely N-dealkylation sites (tertiary alicyclic amines) is 1. The van der Waals surface area contributed by atoms with E-state index in [4.69, 9.17) is 0 Å². The van der Waals surface area contributed by atoms with Crippen molar-refractivity contribution in [3.63, 3.8) is 0 Å². The van der Waals surface area contributed by atoms with Crippen molar-refractivity contribution in [3.8, 4) is 0 Å². The number of rotatable bonds is 2. The van der Waals surface area contributed by atoms with Gasteiger partial charge in [-0.25, -0.2) is 0 Å². The number of hydrogen-bond donors (Lipinski definition) is 1. The average Bonchev–Trinajstić information content (AvgIpc) is 3.11. The van der Waals surface area contributed by atoms with Gasteiger partial charge < -0.3 is 5.11 Å². The third kappa shape index (κ3) is 2.00. The molecule has 17 heavy (non-hydrogen) atoms. The molecule has 0 aromatic heterocycles. The van der Waals surface area contributed by atoms with Gasteiger partial charge in [0.2, 0.25) is 0 Å². The Bertz CT molecular complexity index is 394. The van der Waals surface area contributed by atoms with E-state index in [-0.39, 0.29) is 11.6 Å². The van der Waals surface area contributed by atoms with Crippen LogP contribution in [-0.2, 0) is 5.54 Å². The van der Waals surface area contributed by atoms with Gasteiger partial charge in [-0.2, -0.15) is 0 Å². The van der Waals surface area contributed by atoms with E-state index in [1.807, 2.05) is 0 Å². The molecular formula is C15H21NO. The van der Waals surface area contributed by atoms with Crippen molar-refractivity contribution in [2.75, 3.05) is 13.1 Å². The molecule has 1 atom stereocenters. The van der Waals surface area contributed by atoms with Crippen molar-refractivity contribution >= 4 is 0 Å². The van der Waals surface area contributed by atoms with E-state index >= 15 is 0 Å². The van der Waals surface area contributed by atoms with Crippen molar-refractivity contribution in [1.29, 1.82) is 0 Å². The number of β-amino-alcohol motifs (C(OH)–C–C–N with tert-alkyl or cyclic N) is 1. The van der Waals surface area contributed by atoms with Crippen LogP contribution in [0.5, 0.6) is 0 Å². The van der Waals surface area contributed by atoms with Crippen LogP contribution in [0.4, 0.5) is 0 Å². The second-order valence-electron chi connectivity index (χ2n) is 5.64. The maximum absolute atomic E-state index is 9.82. The standard InChI is InChI=1S/C15H21NO/c1-12-4-6-13(7-5-12)15(8-9-15)16-10-2-3-14(17)11-16/h4-7,14,17H,2-3,8-11H2,1H3. The highest BCUT2D eigenvalue weighted by Crippen LogP contribution is 2.51. The van der Waals surface area contributed by atoms with Crippen LogP contribution >= 0.6 is 0 Å². The van der Waals surface area contributed by atoms with Crippen LogP contribution < -0.4 is 0 Å². The predicted octanol–water partition coefficient (Wildman–Crippen LogP) is 2.44. The van der Waals surface area contributed by atoms with Gasteiger partial charge in [-0.1, -0.05) is 29.8 Å². The molecule has 1 N–H and O–H groups in total. The highest BCUT2D eigenvalue weighted by Gasteiger charge is 2.49. The predicted molar refractivity (Wildman–Crippen MR) is 68.9 cm³/mol. The van der Waals surface area contributed by atoms with E-state index in [1.54, 1.807) is 0 Å². The van der Waals surface area contributed by atoms with Crippen molar-refractivity contribution < 1.29 is 5.11 Å². The monoisotopic (exact) mass is 231 g/mol. The number of hydrogen-bond acceptors (Lipinski definition) is 2. The molecule has 1 saturated heterocycles. The Balaban J connectivity index is 1.83. The quantitative estimate of drug-likeness (QED) is 0.845. The molecule has 1 aliphatic heterocycles. The van der Waals surface area contributed by atoms with Crippen LogP contribution in [0.1, 0.15) is 36.8 Å². The summed E-state index contributed by atoms with van der Waals surface area (Å²) in [5, 5.41) is 9.82. The number of aliphatic hydroxyl groups is 1. The van der Waals surface area contributed by atoms with Crippen molar-refractivity contribution in [2.45, 2.75) is 44.2 Å². The van der Waals surface area contributed by atoms with Crippen molar-refractivity contribution in [3.05, 3.63) is 35.4 Å². The Morgan fingerprint density at radius 1 is 1.24 bits per heavy atom. The van der Waals surface area contributed by atoms with E-state index in [0.29, 0.717) is 0 Å². The van der Waals surface area contributed by atoms with E-state index < -0.39 is 0 Å². The van der Waals surface area contributed by atoms with Crippen molar-refractivity contribution in [2.24, 2.45) is 0 Å². The lowest BCUT2D eigenvalue weighted by molar-refractivity contribution is 0.0371. The van der Waals surface area contributed by atoms with Gasteiger partial charge in [0, 0.05) is 12.1 Å². The molecular weight excluding hydrogens is 210 g/mol. The van der Waals surface area contributed by atoms with Crippen molar-refractivity contribution in [1.82, 2.24) is 4.90 Å². The summed E-state index contributed by atoms with van der Waals surface area (Å²) in [7, 11) is 0. The summed E-state index contributed by atoms with van der Waals surface area (Å²) in [6, 6.07) is 8.94. The number of nitrogens with zero attached hydrogens (tertiary/aromatic N) is 1. The molecule has 0 amide bonds. The van der Waals surface area contributed by atoms with Gasteiger partial charge in [-0.3, -0.25) is 4.90 Å². The van der Waals surface area contributed by atoms with Crippen LogP contribution in [0.3, 0.4) is 0 Å². The third-order valence-electron chi connectivity index (χ3n) is 4.31. The molecule has 1 unspecified atom stereocenters. The fourth-order valence-corrected chi connectivity index (χ4v) is 3.11. The third-order valence-corrected chi connectivity index (χ3v) is 4.31. The summed E-state index contributed by atoms with van der Waals surface area (Å²) in [6.07, 6.45) is 4.49. The molecule has 0 spiro atoms. The summed E-state index contributed by atoms with van der Waals surface area (Å²) < 4.78 is 0. The lowest BCUT2D eigenvalue weighted by atomic mass is 9.98. The smallest absolute Gasteiger partial charge is 0.0667 e. The fourth-order valence-electron chi connectivity index (χ4n) is 3.11. The second kappa shape index (κ2) is 4.11. The zero-order valence-corrected chi connectivity index (χ0v) is 10.5. The Morgan fingerprint density at radius 2 is 1.94 bits per heavy atom. The summed E-state index contributed by atoms with van der Waals surface area (Å²) in [4.78, 5) is 2.51. The SMILES string of the molecule is Cc1ccc(C2(N3CCCC(O)C3)CC2)cc1. The van der Waals surface area contributed by atoms with E-state index in [2.05, 4.69) is 36.1 Å². The van der Waals surface area contributed by atoms with Gasteiger partial charge in [0.05, 0.1) is 6.10 Å². The Morgan fingerprint density at radius 3 is 2.53 bits per heavy atom. The fraction of sp³-hybridized carbons (Fsp3) is 0.600. The van der Waals surface area contributed by atoms with Gasteiger partial charge in [0.1, 0.15) is 0 Å². The largest absolute Gasteiger partial charge is 0.392 e. The summed E-state index contributed by atoms with van der Waals surface area (Å²) >= 11 is 0. The molecule has 0 radical (unpaired) electrons. The number of aryl methyl sites for hydroxylation is 1. The number of piperidine rings is 1. The maximum atomic E-state index is 9.82. The first-order valence-electron chi connectivity index (χ1n) is 6.71. The summed E-state index contributed by atoms with van der Waals surface area (Å²) in [5.74, 6) is 0. The number of aliphatic hydroxyl groups excluding tert-OH is 1. The minimum atomic E-state index is -0.119. The number of benzene rings is 1. The lowest BCUT2D eigenvalue weighted by Gasteiger charge is -2.37. The van der Waals surface area contributed by atoms with Gasteiger partial charge >= 0.3 is 0 Å². The molecule has 1 aliphatic carbocycles. The zero-order chi connectivity index (χ0) is 11.9. The highest BCUT2D eigenvalue weighted by molar-refractivity contribution is 5.33. The first kappa shape index (κ1) is 11.2. The van der Waals surface area contributed by atoms with Gasteiger partial charge in [-0.15, -0.1) is 0 Å². The Labute approximate surface area is 103 Å².